The lowest BCUT2D eigenvalue weighted by molar-refractivity contribution is -0.142. The molecule has 132 valence electrons. The van der Waals surface area contributed by atoms with Gasteiger partial charge in [-0.05, 0) is 32.9 Å². The average Bonchev–Trinajstić information content (AvgIpc) is 2.77. The van der Waals surface area contributed by atoms with Crippen LogP contribution >= 0.6 is 0 Å². The van der Waals surface area contributed by atoms with Crippen molar-refractivity contribution in [2.75, 3.05) is 11.9 Å². The highest BCUT2D eigenvalue weighted by atomic mass is 16.5. The van der Waals surface area contributed by atoms with E-state index in [-0.39, 0.29) is 11.2 Å². The molecule has 0 spiro atoms. The second kappa shape index (κ2) is 7.65. The number of benzene rings is 1. The molecule has 0 fully saturated rings. The van der Waals surface area contributed by atoms with E-state index in [1.54, 1.807) is 44.6 Å². The normalized spacial score (nSPS) is 10.2. The van der Waals surface area contributed by atoms with Gasteiger partial charge in [0.05, 0.1) is 11.4 Å². The van der Waals surface area contributed by atoms with Gasteiger partial charge in [-0.2, -0.15) is 0 Å². The van der Waals surface area contributed by atoms with E-state index in [0.29, 0.717) is 11.4 Å². The SMILES string of the molecule is CC(C)=CC(=O)OCC(=O)Nc1c(C)n(C)n(-c2ccccc2)c1=O. The van der Waals surface area contributed by atoms with Crippen molar-refractivity contribution >= 4 is 17.6 Å². The zero-order valence-electron chi connectivity index (χ0n) is 14.7. The summed E-state index contributed by atoms with van der Waals surface area (Å²) in [6.07, 6.45) is 1.30. The molecular formula is C18H21N3O4. The lowest BCUT2D eigenvalue weighted by Gasteiger charge is -2.07. The molecule has 7 heteroatoms. The Morgan fingerprint density at radius 1 is 1.20 bits per heavy atom. The van der Waals surface area contributed by atoms with E-state index in [1.165, 1.54) is 10.8 Å². The fourth-order valence-corrected chi connectivity index (χ4v) is 2.30. The minimum atomic E-state index is -0.596. The van der Waals surface area contributed by atoms with E-state index in [2.05, 4.69) is 5.32 Å². The van der Waals surface area contributed by atoms with Gasteiger partial charge in [0.2, 0.25) is 0 Å². The summed E-state index contributed by atoms with van der Waals surface area (Å²) >= 11 is 0. The molecule has 0 bridgehead atoms. The van der Waals surface area contributed by atoms with Crippen LogP contribution in [-0.2, 0) is 21.4 Å². The van der Waals surface area contributed by atoms with Crippen molar-refractivity contribution in [2.45, 2.75) is 20.8 Å². The van der Waals surface area contributed by atoms with Gasteiger partial charge in [-0.1, -0.05) is 23.8 Å². The molecule has 1 aromatic heterocycles. The van der Waals surface area contributed by atoms with Gasteiger partial charge in [0.15, 0.2) is 6.61 Å². The third-order valence-corrected chi connectivity index (χ3v) is 3.57. The number of para-hydroxylation sites is 1. The van der Waals surface area contributed by atoms with E-state index < -0.39 is 18.5 Å². The predicted molar refractivity (Wildman–Crippen MR) is 94.8 cm³/mol. The minimum Gasteiger partial charge on any atom is -0.452 e. The molecule has 25 heavy (non-hydrogen) atoms. The van der Waals surface area contributed by atoms with E-state index in [1.807, 2.05) is 18.2 Å². The maximum Gasteiger partial charge on any atom is 0.331 e. The lowest BCUT2D eigenvalue weighted by atomic mass is 10.3. The third kappa shape index (κ3) is 4.26. The van der Waals surface area contributed by atoms with E-state index in [9.17, 15) is 14.4 Å². The van der Waals surface area contributed by atoms with Crippen LogP contribution in [-0.4, -0.2) is 27.8 Å². The van der Waals surface area contributed by atoms with Gasteiger partial charge >= 0.3 is 5.97 Å². The number of carbonyl (C=O) groups excluding carboxylic acids is 2. The highest BCUT2D eigenvalue weighted by Gasteiger charge is 2.18. The summed E-state index contributed by atoms with van der Waals surface area (Å²) in [6, 6.07) is 9.10. The summed E-state index contributed by atoms with van der Waals surface area (Å²) in [5.74, 6) is -1.16. The van der Waals surface area contributed by atoms with Gasteiger partial charge in [-0.3, -0.25) is 14.3 Å². The van der Waals surface area contributed by atoms with Gasteiger partial charge in [-0.15, -0.1) is 0 Å². The molecule has 0 unspecified atom stereocenters. The summed E-state index contributed by atoms with van der Waals surface area (Å²) in [7, 11) is 1.73. The first-order valence-electron chi connectivity index (χ1n) is 7.76. The van der Waals surface area contributed by atoms with Crippen LogP contribution in [0.3, 0.4) is 0 Å². The number of hydrogen-bond acceptors (Lipinski definition) is 4. The molecule has 1 N–H and O–H groups in total. The van der Waals surface area contributed by atoms with Crippen molar-refractivity contribution in [3.63, 3.8) is 0 Å². The van der Waals surface area contributed by atoms with Gasteiger partial charge in [0.1, 0.15) is 5.69 Å². The van der Waals surface area contributed by atoms with Crippen LogP contribution in [0.15, 0.2) is 46.8 Å². The zero-order valence-corrected chi connectivity index (χ0v) is 14.7. The maximum absolute atomic E-state index is 12.6. The minimum absolute atomic E-state index is 0.162. The second-order valence-electron chi connectivity index (χ2n) is 5.81. The molecule has 0 saturated carbocycles. The van der Waals surface area contributed by atoms with Gasteiger partial charge in [-0.25, -0.2) is 9.48 Å². The number of ether oxygens (including phenoxy) is 1. The van der Waals surface area contributed by atoms with Gasteiger partial charge < -0.3 is 10.1 Å². The molecule has 1 heterocycles. The number of hydrogen-bond donors (Lipinski definition) is 1. The predicted octanol–water partition coefficient (Wildman–Crippen LogP) is 1.93. The van der Waals surface area contributed by atoms with E-state index >= 15 is 0 Å². The van der Waals surface area contributed by atoms with Crippen molar-refractivity contribution in [1.29, 1.82) is 0 Å². The van der Waals surface area contributed by atoms with E-state index in [4.69, 9.17) is 4.74 Å². The molecule has 0 aliphatic heterocycles. The second-order valence-corrected chi connectivity index (χ2v) is 5.81. The first-order valence-corrected chi connectivity index (χ1v) is 7.76. The molecule has 0 aliphatic carbocycles. The topological polar surface area (TPSA) is 82.3 Å². The average molecular weight is 343 g/mol. The Morgan fingerprint density at radius 2 is 1.84 bits per heavy atom. The number of nitrogens with zero attached hydrogens (tertiary/aromatic N) is 2. The Morgan fingerprint density at radius 3 is 2.44 bits per heavy atom. The number of carbonyl (C=O) groups is 2. The molecule has 1 amide bonds. The van der Waals surface area contributed by atoms with Crippen LogP contribution in [0.25, 0.3) is 5.69 Å². The molecule has 7 nitrogen and oxygen atoms in total. The van der Waals surface area contributed by atoms with Crippen molar-refractivity contribution < 1.29 is 14.3 Å². The third-order valence-electron chi connectivity index (χ3n) is 3.57. The Balaban J connectivity index is 2.18. The molecule has 2 rings (SSSR count). The number of rotatable bonds is 5. The Kier molecular flexibility index (Phi) is 5.59. The number of allylic oxidation sites excluding steroid dienone is 1. The molecule has 0 aliphatic rings. The maximum atomic E-state index is 12.6. The van der Waals surface area contributed by atoms with Crippen LogP contribution in [0.5, 0.6) is 0 Å². The number of esters is 1. The van der Waals surface area contributed by atoms with Crippen molar-refractivity contribution in [2.24, 2.45) is 7.05 Å². The summed E-state index contributed by atoms with van der Waals surface area (Å²) < 4.78 is 7.96. The number of aromatic nitrogens is 2. The number of nitrogens with one attached hydrogen (secondary N) is 1. The monoisotopic (exact) mass is 343 g/mol. The van der Waals surface area contributed by atoms with Crippen molar-refractivity contribution in [3.05, 3.63) is 58.0 Å². The highest BCUT2D eigenvalue weighted by Crippen LogP contribution is 2.13. The summed E-state index contributed by atoms with van der Waals surface area (Å²) in [5, 5.41) is 2.53. The molecule has 0 atom stereocenters. The first-order chi connectivity index (χ1) is 11.8. The zero-order chi connectivity index (χ0) is 18.6. The smallest absolute Gasteiger partial charge is 0.331 e. The molecular weight excluding hydrogens is 322 g/mol. The Hall–Kier alpha value is -3.09. The fraction of sp³-hybridized carbons (Fsp3) is 0.278. The summed E-state index contributed by atoms with van der Waals surface area (Å²) in [5.41, 5.74) is 1.87. The largest absolute Gasteiger partial charge is 0.452 e. The quantitative estimate of drug-likeness (QED) is 0.664. The van der Waals surface area contributed by atoms with Crippen LogP contribution < -0.4 is 10.9 Å². The van der Waals surface area contributed by atoms with E-state index in [0.717, 1.165) is 5.57 Å². The first kappa shape index (κ1) is 18.3. The number of amides is 1. The Labute approximate surface area is 145 Å². The van der Waals surface area contributed by atoms with Crippen LogP contribution in [0, 0.1) is 6.92 Å². The lowest BCUT2D eigenvalue weighted by Crippen LogP contribution is -2.25. The number of anilines is 1. The van der Waals surface area contributed by atoms with Crippen molar-refractivity contribution in [3.8, 4) is 5.69 Å². The highest BCUT2D eigenvalue weighted by molar-refractivity contribution is 5.94. The van der Waals surface area contributed by atoms with Gasteiger partial charge in [0.25, 0.3) is 11.5 Å². The standard InChI is InChI=1S/C18H21N3O4/c1-12(2)10-16(23)25-11-15(22)19-17-13(3)20(4)21(18(17)24)14-8-6-5-7-9-14/h5-10H,11H2,1-4H3,(H,19,22). The Bertz CT molecular complexity index is 872. The molecule has 0 saturated heterocycles. The molecule has 1 aromatic carbocycles. The van der Waals surface area contributed by atoms with Crippen LogP contribution in [0.4, 0.5) is 5.69 Å². The summed E-state index contributed by atoms with van der Waals surface area (Å²) in [6.45, 7) is 4.77. The summed E-state index contributed by atoms with van der Waals surface area (Å²) in [4.78, 5) is 36.1. The van der Waals surface area contributed by atoms with Crippen molar-refractivity contribution in [1.82, 2.24) is 9.36 Å². The van der Waals surface area contributed by atoms with Gasteiger partial charge in [0, 0.05) is 13.1 Å². The molecule has 2 aromatic rings. The van der Waals surface area contributed by atoms with Crippen LogP contribution in [0.1, 0.15) is 19.5 Å². The van der Waals surface area contributed by atoms with Crippen LogP contribution in [0.2, 0.25) is 0 Å². The fourth-order valence-electron chi connectivity index (χ4n) is 2.30. The molecule has 0 radical (unpaired) electrons.